The molecule has 0 aliphatic rings. The van der Waals surface area contributed by atoms with Gasteiger partial charge in [0.25, 0.3) is 0 Å². The van der Waals surface area contributed by atoms with Crippen LogP contribution in [-0.4, -0.2) is 0 Å². The number of hydrogen-bond donors (Lipinski definition) is 0. The molecule has 0 unspecified atom stereocenters. The molecule has 9 heteroatoms. The average Bonchev–Trinajstić information content (AvgIpc) is 1.27. The SMILES string of the molecule is O=[O+][O-].[Na+].[O-][I+3]([O-])([O-])[O-]. The van der Waals surface area contributed by atoms with Crippen molar-refractivity contribution in [3.63, 3.8) is 0 Å². The molecule has 0 rings (SSSR count). The molecule has 50 valence electrons. The second-order valence-corrected chi connectivity index (χ2v) is 2.60. The molecule has 0 atom stereocenters. The van der Waals surface area contributed by atoms with Crippen LogP contribution in [0.15, 0.2) is 0 Å². The number of rotatable bonds is 0. The molecule has 0 N–H and O–H groups in total. The van der Waals surface area contributed by atoms with Crippen LogP contribution in [0.2, 0.25) is 0 Å². The molecule has 0 bridgehead atoms. The summed E-state index contributed by atoms with van der Waals surface area (Å²) in [4.78, 5) is 7.88. The van der Waals surface area contributed by atoms with Crippen molar-refractivity contribution in [2.75, 3.05) is 0 Å². The van der Waals surface area contributed by atoms with Gasteiger partial charge in [0.1, 0.15) is 20.1 Å². The molecule has 0 heterocycles. The third kappa shape index (κ3) is 463. The summed E-state index contributed by atoms with van der Waals surface area (Å²) in [5.41, 5.74) is 0. The van der Waals surface area contributed by atoms with Crippen molar-refractivity contribution in [1.82, 2.24) is 0 Å². The average molecular weight is 262 g/mol. The van der Waals surface area contributed by atoms with E-state index < -0.39 is 20.1 Å². The van der Waals surface area contributed by atoms with Gasteiger partial charge in [-0.2, -0.15) is 0 Å². The van der Waals surface area contributed by atoms with Crippen LogP contribution in [0.4, 0.5) is 0 Å². The zero-order valence-electron chi connectivity index (χ0n) is 4.24. The first-order chi connectivity index (χ1) is 3.41. The maximum Gasteiger partial charge on any atom is 1.00 e. The molecule has 0 aromatic carbocycles. The summed E-state index contributed by atoms with van der Waals surface area (Å²) >= 11 is -5.94. The van der Waals surface area contributed by atoms with Gasteiger partial charge in [-0.25, -0.2) is 0 Å². The minimum atomic E-state index is -5.94. The largest absolute Gasteiger partial charge is 1.00 e. The van der Waals surface area contributed by atoms with Crippen molar-refractivity contribution < 1.29 is 68.7 Å². The minimum Gasteiger partial charge on any atom is -0.286 e. The molecule has 0 radical (unpaired) electrons. The van der Waals surface area contributed by atoms with E-state index >= 15 is 0 Å². The molecule has 0 aromatic rings. The monoisotopic (exact) mass is 262 g/mol. The van der Waals surface area contributed by atoms with Gasteiger partial charge in [-0.3, -0.25) is 13.7 Å². The van der Waals surface area contributed by atoms with Crippen molar-refractivity contribution >= 4 is 0 Å². The summed E-state index contributed by atoms with van der Waals surface area (Å²) in [6, 6.07) is 0. The fourth-order valence-corrected chi connectivity index (χ4v) is 0. The third-order valence-corrected chi connectivity index (χ3v) is 0. The Morgan fingerprint density at radius 3 is 1.11 bits per heavy atom. The topological polar surface area (TPSA) is 144 Å². The Labute approximate surface area is 77.8 Å². The van der Waals surface area contributed by atoms with Crippen LogP contribution in [0.1, 0.15) is 0 Å². The van der Waals surface area contributed by atoms with E-state index in [1.54, 1.807) is 4.75 Å². The summed E-state index contributed by atoms with van der Waals surface area (Å²) in [6.07, 6.45) is 0. The van der Waals surface area contributed by atoms with Gasteiger partial charge in [0.05, 0.1) is 0 Å². The van der Waals surface area contributed by atoms with Gasteiger partial charge >= 0.3 is 29.6 Å². The van der Waals surface area contributed by atoms with Gasteiger partial charge in [0.2, 0.25) is 0 Å². The molecule has 0 saturated carbocycles. The van der Waals surface area contributed by atoms with Gasteiger partial charge in [0, 0.05) is 0 Å². The predicted octanol–water partition coefficient (Wildman–Crippen LogP) is -11.9. The van der Waals surface area contributed by atoms with E-state index in [-0.39, 0.29) is 29.6 Å². The van der Waals surface area contributed by atoms with Crippen molar-refractivity contribution in [3.8, 4) is 0 Å². The van der Waals surface area contributed by atoms with Gasteiger partial charge < -0.3 is 0 Å². The first-order valence-corrected chi connectivity index (χ1v) is 4.47. The van der Waals surface area contributed by atoms with Crippen LogP contribution in [0.5, 0.6) is 0 Å². The Hall–Kier alpha value is 0.970. The van der Waals surface area contributed by atoms with Crippen molar-refractivity contribution in [2.24, 2.45) is 0 Å². The number of hydrogen-bond acceptors (Lipinski definition) is 6. The molecule has 0 aliphatic carbocycles. The molecule has 0 fully saturated rings. The van der Waals surface area contributed by atoms with E-state index in [1.165, 1.54) is 0 Å². The Balaban J connectivity index is -0.0000000800. The normalized spacial score (nSPS) is 8.00. The fraction of sp³-hybridized carbons (Fsp3) is 0. The van der Waals surface area contributed by atoms with Crippen molar-refractivity contribution in [3.05, 3.63) is 9.71 Å². The van der Waals surface area contributed by atoms with E-state index in [2.05, 4.69) is 0 Å². The first kappa shape index (κ1) is 16.5. The predicted molar refractivity (Wildman–Crippen MR) is 6.73 cm³/mol. The fourth-order valence-electron chi connectivity index (χ4n) is 0. The zero-order chi connectivity index (χ0) is 7.21. The summed E-state index contributed by atoms with van der Waals surface area (Å²) in [6.45, 7) is 0. The smallest absolute Gasteiger partial charge is 0.286 e. The third-order valence-electron chi connectivity index (χ3n) is 0. The van der Waals surface area contributed by atoms with Crippen LogP contribution in [0, 0.1) is 9.71 Å². The summed E-state index contributed by atoms with van der Waals surface area (Å²) < 4.78 is 36.2. The van der Waals surface area contributed by atoms with E-state index in [4.69, 9.17) is 24.0 Å². The van der Waals surface area contributed by atoms with Gasteiger partial charge in [0.15, 0.2) is 4.75 Å². The summed E-state index contributed by atoms with van der Waals surface area (Å²) in [5.74, 6) is 0. The molecule has 0 aliphatic heterocycles. The molecule has 0 saturated heterocycles. The van der Waals surface area contributed by atoms with Crippen LogP contribution < -0.4 is 68.7 Å². The second kappa shape index (κ2) is 8.97. The summed E-state index contributed by atoms with van der Waals surface area (Å²) in [5, 5.41) is 7.88. The van der Waals surface area contributed by atoms with Crippen LogP contribution in [-0.2, 0) is 0 Å². The Morgan fingerprint density at radius 1 is 1.11 bits per heavy atom. The van der Waals surface area contributed by atoms with E-state index in [1.807, 2.05) is 0 Å². The first-order valence-electron chi connectivity index (χ1n) is 0.951. The van der Waals surface area contributed by atoms with Gasteiger partial charge in [-0.05, 0) is 0 Å². The van der Waals surface area contributed by atoms with Crippen LogP contribution >= 0.6 is 0 Å². The Bertz CT molecular complexity index is 48.4. The molecule has 0 amide bonds. The number of halogens is 1. The van der Waals surface area contributed by atoms with E-state index in [0.29, 0.717) is 0 Å². The van der Waals surface area contributed by atoms with Gasteiger partial charge in [-0.15, -0.1) is 0 Å². The maximum atomic E-state index is 8.62. The molecule has 7 nitrogen and oxygen atoms in total. The molecule has 0 aromatic heterocycles. The van der Waals surface area contributed by atoms with E-state index in [9.17, 15) is 0 Å². The Morgan fingerprint density at radius 2 is 1.11 bits per heavy atom. The molecular formula is INaO7. The standard InChI is InChI=1S/IO4.Na.O3/c2-1(3,4)5;;1-3-2/q-1;+1;. The second-order valence-electron chi connectivity index (χ2n) is 0.446. The molecular weight excluding hydrogens is 262 g/mol. The molecule has 9 heavy (non-hydrogen) atoms. The van der Waals surface area contributed by atoms with Crippen molar-refractivity contribution in [1.29, 1.82) is 0 Å². The van der Waals surface area contributed by atoms with Crippen LogP contribution in [0.25, 0.3) is 0 Å². The zero-order valence-corrected chi connectivity index (χ0v) is 8.39. The van der Waals surface area contributed by atoms with Gasteiger partial charge in [-0.1, -0.05) is 10.2 Å². The van der Waals surface area contributed by atoms with Crippen molar-refractivity contribution in [2.45, 2.75) is 0 Å². The molecule has 0 spiro atoms. The Kier molecular flexibility index (Phi) is 16.5. The van der Waals surface area contributed by atoms with E-state index in [0.717, 1.165) is 0 Å². The minimum absolute atomic E-state index is 0. The van der Waals surface area contributed by atoms with Crippen LogP contribution in [0.3, 0.4) is 0 Å². The summed E-state index contributed by atoms with van der Waals surface area (Å²) in [7, 11) is 0. The quantitative estimate of drug-likeness (QED) is 0.139. The maximum absolute atomic E-state index is 8.62.